The maximum atomic E-state index is 13.1. The molecule has 5 rings (SSSR count). The van der Waals surface area contributed by atoms with Crippen LogP contribution in [0.2, 0.25) is 0 Å². The Morgan fingerprint density at radius 1 is 1.38 bits per heavy atom. The number of aliphatic hydroxyl groups is 1. The van der Waals surface area contributed by atoms with E-state index in [2.05, 4.69) is 13.8 Å². The fourth-order valence-electron chi connectivity index (χ4n) is 7.05. The van der Waals surface area contributed by atoms with Gasteiger partial charge in [-0.05, 0) is 67.4 Å². The van der Waals surface area contributed by atoms with E-state index < -0.39 is 11.5 Å². The summed E-state index contributed by atoms with van der Waals surface area (Å²) in [6.45, 7) is 4.73. The molecule has 142 valence electrons. The summed E-state index contributed by atoms with van der Waals surface area (Å²) in [7, 11) is 1.74. The minimum absolute atomic E-state index is 0.0853. The lowest BCUT2D eigenvalue weighted by Crippen LogP contribution is -2.53. The second-order valence-electron chi connectivity index (χ2n) is 9.36. The van der Waals surface area contributed by atoms with Crippen molar-refractivity contribution < 1.29 is 19.4 Å². The van der Waals surface area contributed by atoms with E-state index >= 15 is 0 Å². The molecule has 1 saturated heterocycles. The SMILES string of the molecule is CC[C@]1(C)CCC2=C1CC[C@H]1[C@H]2C[C@@H](OC)C2=C[C@@H](O)[C@@H]3C[C@@]21C(=O)O3. The molecule has 1 saturated carbocycles. The van der Waals surface area contributed by atoms with Crippen LogP contribution in [0.3, 0.4) is 0 Å². The van der Waals surface area contributed by atoms with Gasteiger partial charge in [0.1, 0.15) is 12.2 Å². The van der Waals surface area contributed by atoms with Crippen LogP contribution in [0.5, 0.6) is 0 Å². The van der Waals surface area contributed by atoms with E-state index in [4.69, 9.17) is 9.47 Å². The lowest BCUT2D eigenvalue weighted by molar-refractivity contribution is -0.153. The molecule has 7 atom stereocenters. The first-order valence-corrected chi connectivity index (χ1v) is 10.3. The number of methoxy groups -OCH3 is 1. The highest BCUT2D eigenvalue weighted by Gasteiger charge is 2.66. The van der Waals surface area contributed by atoms with Crippen LogP contribution >= 0.6 is 0 Å². The third-order valence-corrected chi connectivity index (χ3v) is 8.61. The number of allylic oxidation sites excluding steroid dienone is 2. The van der Waals surface area contributed by atoms with Crippen molar-refractivity contribution in [2.45, 2.75) is 77.1 Å². The van der Waals surface area contributed by atoms with Gasteiger partial charge in [-0.3, -0.25) is 4.79 Å². The number of fused-ring (bicyclic) bond motifs is 3. The highest BCUT2D eigenvalue weighted by atomic mass is 16.6. The van der Waals surface area contributed by atoms with E-state index in [1.165, 1.54) is 19.3 Å². The second kappa shape index (κ2) is 5.45. The molecule has 1 N–H and O–H groups in total. The summed E-state index contributed by atoms with van der Waals surface area (Å²) >= 11 is 0. The molecule has 1 aliphatic heterocycles. The second-order valence-corrected chi connectivity index (χ2v) is 9.36. The van der Waals surface area contributed by atoms with Gasteiger partial charge in [-0.1, -0.05) is 25.0 Å². The smallest absolute Gasteiger partial charge is 0.317 e. The zero-order valence-electron chi connectivity index (χ0n) is 16.1. The Kier molecular flexibility index (Phi) is 3.56. The van der Waals surface area contributed by atoms with Crippen LogP contribution in [0, 0.1) is 22.7 Å². The summed E-state index contributed by atoms with van der Waals surface area (Å²) in [5.74, 6) is 0.626. The summed E-state index contributed by atoms with van der Waals surface area (Å²) in [5, 5.41) is 10.4. The van der Waals surface area contributed by atoms with Gasteiger partial charge in [0.15, 0.2) is 0 Å². The van der Waals surface area contributed by atoms with Gasteiger partial charge in [0, 0.05) is 13.5 Å². The largest absolute Gasteiger partial charge is 0.459 e. The zero-order chi connectivity index (χ0) is 18.3. The van der Waals surface area contributed by atoms with Crippen LogP contribution in [0.15, 0.2) is 22.8 Å². The van der Waals surface area contributed by atoms with Crippen molar-refractivity contribution in [3.63, 3.8) is 0 Å². The molecule has 2 fully saturated rings. The highest BCUT2D eigenvalue weighted by Crippen LogP contribution is 2.65. The molecule has 1 heterocycles. The molecule has 4 heteroatoms. The van der Waals surface area contributed by atoms with Crippen molar-refractivity contribution in [2.24, 2.45) is 22.7 Å². The van der Waals surface area contributed by atoms with Gasteiger partial charge in [-0.15, -0.1) is 0 Å². The number of hydrogen-bond donors (Lipinski definition) is 1. The fraction of sp³-hybridized carbons (Fsp3) is 0.773. The molecule has 5 aliphatic rings. The normalized spacial score (nSPS) is 49.3. The monoisotopic (exact) mass is 358 g/mol. The molecule has 0 amide bonds. The van der Waals surface area contributed by atoms with Gasteiger partial charge in [0.05, 0.1) is 11.5 Å². The number of carbonyl (C=O) groups is 1. The number of aliphatic hydroxyl groups excluding tert-OH is 1. The van der Waals surface area contributed by atoms with Crippen molar-refractivity contribution in [3.8, 4) is 0 Å². The lowest BCUT2D eigenvalue weighted by atomic mass is 9.51. The fourth-order valence-corrected chi connectivity index (χ4v) is 7.05. The first-order chi connectivity index (χ1) is 12.4. The molecule has 0 aromatic carbocycles. The summed E-state index contributed by atoms with van der Waals surface area (Å²) in [6, 6.07) is 0. The van der Waals surface area contributed by atoms with E-state index in [0.717, 1.165) is 24.8 Å². The average Bonchev–Trinajstić information content (AvgIpc) is 3.14. The van der Waals surface area contributed by atoms with E-state index in [1.54, 1.807) is 18.3 Å². The Hall–Kier alpha value is -1.13. The Labute approximate surface area is 155 Å². The third-order valence-electron chi connectivity index (χ3n) is 8.61. The van der Waals surface area contributed by atoms with Gasteiger partial charge < -0.3 is 14.6 Å². The Bertz CT molecular complexity index is 722. The van der Waals surface area contributed by atoms with Crippen LogP contribution < -0.4 is 0 Å². The Balaban J connectivity index is 1.63. The number of carbonyl (C=O) groups excluding carboxylic acids is 1. The molecule has 4 nitrogen and oxygen atoms in total. The molecule has 0 radical (unpaired) electrons. The summed E-state index contributed by atoms with van der Waals surface area (Å²) in [5.41, 5.74) is 4.10. The van der Waals surface area contributed by atoms with E-state index in [-0.39, 0.29) is 18.2 Å². The molecule has 0 aromatic rings. The first-order valence-electron chi connectivity index (χ1n) is 10.3. The maximum Gasteiger partial charge on any atom is 0.317 e. The van der Waals surface area contributed by atoms with Crippen LogP contribution in [-0.4, -0.2) is 36.5 Å². The van der Waals surface area contributed by atoms with Crippen molar-refractivity contribution in [1.29, 1.82) is 0 Å². The topological polar surface area (TPSA) is 55.8 Å². The van der Waals surface area contributed by atoms with Crippen LogP contribution in [0.25, 0.3) is 0 Å². The van der Waals surface area contributed by atoms with Crippen molar-refractivity contribution >= 4 is 5.97 Å². The van der Waals surface area contributed by atoms with Crippen LogP contribution in [-0.2, 0) is 14.3 Å². The van der Waals surface area contributed by atoms with Gasteiger partial charge in [-0.25, -0.2) is 0 Å². The lowest BCUT2D eigenvalue weighted by Gasteiger charge is -2.52. The quantitative estimate of drug-likeness (QED) is 0.606. The molecule has 4 aliphatic carbocycles. The predicted octanol–water partition coefficient (Wildman–Crippen LogP) is 3.54. The van der Waals surface area contributed by atoms with Crippen molar-refractivity contribution in [2.75, 3.05) is 7.11 Å². The third kappa shape index (κ3) is 1.90. The summed E-state index contributed by atoms with van der Waals surface area (Å²) in [6.07, 6.45) is 8.11. The molecule has 26 heavy (non-hydrogen) atoms. The number of hydrogen-bond acceptors (Lipinski definition) is 4. The first kappa shape index (κ1) is 17.0. The minimum Gasteiger partial charge on any atom is -0.459 e. The average molecular weight is 358 g/mol. The van der Waals surface area contributed by atoms with Gasteiger partial charge in [0.25, 0.3) is 0 Å². The highest BCUT2D eigenvalue weighted by molar-refractivity contribution is 5.85. The molecule has 0 aromatic heterocycles. The minimum atomic E-state index is -0.688. The van der Waals surface area contributed by atoms with Crippen molar-refractivity contribution in [3.05, 3.63) is 22.8 Å². The predicted molar refractivity (Wildman–Crippen MR) is 97.3 cm³/mol. The number of esters is 1. The van der Waals surface area contributed by atoms with E-state index in [9.17, 15) is 9.90 Å². The van der Waals surface area contributed by atoms with E-state index in [1.807, 2.05) is 6.08 Å². The molecule has 2 bridgehead atoms. The number of ether oxygens (including phenoxy) is 2. The van der Waals surface area contributed by atoms with Gasteiger partial charge >= 0.3 is 5.97 Å². The molecular formula is C22H30O4. The maximum absolute atomic E-state index is 13.1. The van der Waals surface area contributed by atoms with E-state index in [0.29, 0.717) is 23.7 Å². The Morgan fingerprint density at radius 3 is 2.92 bits per heavy atom. The molecule has 1 spiro atoms. The summed E-state index contributed by atoms with van der Waals surface area (Å²) < 4.78 is 11.5. The standard InChI is InChI=1S/C22H30O4/c1-4-21(2)8-7-12-13-9-18(25-3)16-10-17(23)19-11-22(16,20(24)26-19)15(13)6-5-14(12)21/h10,13,15,17-19,23H,4-9,11H2,1-3H3/t13-,15-,17+,18+,19-,21+,22-/m0/s1. The van der Waals surface area contributed by atoms with Crippen molar-refractivity contribution in [1.82, 2.24) is 0 Å². The molecular weight excluding hydrogens is 328 g/mol. The molecule has 0 unspecified atom stereocenters. The van der Waals surface area contributed by atoms with Gasteiger partial charge in [0.2, 0.25) is 0 Å². The zero-order valence-corrected chi connectivity index (χ0v) is 16.1. The van der Waals surface area contributed by atoms with Crippen LogP contribution in [0.4, 0.5) is 0 Å². The van der Waals surface area contributed by atoms with Crippen LogP contribution in [0.1, 0.15) is 58.8 Å². The Morgan fingerprint density at radius 2 is 2.19 bits per heavy atom. The number of rotatable bonds is 2. The summed E-state index contributed by atoms with van der Waals surface area (Å²) in [4.78, 5) is 13.1. The van der Waals surface area contributed by atoms with Gasteiger partial charge in [-0.2, -0.15) is 0 Å².